The molecular weight excluding hydrogens is 347 g/mol. The maximum atomic E-state index is 12.8. The number of morpholine rings is 1. The van der Waals surface area contributed by atoms with Crippen LogP contribution in [-0.4, -0.2) is 79.6 Å². The van der Waals surface area contributed by atoms with Gasteiger partial charge in [0.25, 0.3) is 0 Å². The van der Waals surface area contributed by atoms with Gasteiger partial charge < -0.3 is 19.3 Å². The van der Waals surface area contributed by atoms with Gasteiger partial charge in [0.2, 0.25) is 11.8 Å². The van der Waals surface area contributed by atoms with E-state index in [1.54, 1.807) is 29.0 Å². The smallest absolute Gasteiger partial charge is 0.232 e. The maximum absolute atomic E-state index is 12.8. The maximum Gasteiger partial charge on any atom is 0.232 e. The average Bonchev–Trinajstić information content (AvgIpc) is 2.63. The summed E-state index contributed by atoms with van der Waals surface area (Å²) in [6.07, 6.45) is 0. The lowest BCUT2D eigenvalue weighted by Gasteiger charge is -2.26. The quantitative estimate of drug-likeness (QED) is 0.689. The molecule has 1 heterocycles. The second-order valence-electron chi connectivity index (χ2n) is 5.60. The van der Waals surface area contributed by atoms with Crippen LogP contribution in [-0.2, 0) is 14.3 Å². The number of amides is 2. The highest BCUT2D eigenvalue weighted by atomic mass is 32.2. The van der Waals surface area contributed by atoms with Crippen LogP contribution in [0.1, 0.15) is 0 Å². The van der Waals surface area contributed by atoms with Crippen LogP contribution >= 0.6 is 11.8 Å². The molecule has 1 aromatic rings. The molecule has 0 spiro atoms. The molecule has 0 aromatic heterocycles. The molecular formula is C17H23FN2O4S. The van der Waals surface area contributed by atoms with E-state index in [9.17, 15) is 14.0 Å². The molecule has 1 saturated heterocycles. The van der Waals surface area contributed by atoms with Crippen molar-refractivity contribution in [2.75, 3.05) is 58.0 Å². The Morgan fingerprint density at radius 2 is 1.92 bits per heavy atom. The van der Waals surface area contributed by atoms with Crippen LogP contribution in [0.25, 0.3) is 0 Å². The first-order chi connectivity index (χ1) is 12.1. The Morgan fingerprint density at radius 3 is 2.60 bits per heavy atom. The van der Waals surface area contributed by atoms with Gasteiger partial charge >= 0.3 is 0 Å². The minimum absolute atomic E-state index is 0.0448. The van der Waals surface area contributed by atoms with Crippen LogP contribution in [0.2, 0.25) is 0 Å². The van der Waals surface area contributed by atoms with Gasteiger partial charge in [0.1, 0.15) is 18.2 Å². The van der Waals surface area contributed by atoms with Crippen molar-refractivity contribution >= 4 is 23.6 Å². The average molecular weight is 370 g/mol. The summed E-state index contributed by atoms with van der Waals surface area (Å²) in [5.74, 6) is 0.788. The predicted octanol–water partition coefficient (Wildman–Crippen LogP) is 1.25. The molecule has 0 unspecified atom stereocenters. The van der Waals surface area contributed by atoms with Crippen LogP contribution in [0.3, 0.4) is 0 Å². The lowest BCUT2D eigenvalue weighted by atomic mass is 10.3. The number of thioether (sulfide) groups is 1. The van der Waals surface area contributed by atoms with Gasteiger partial charge in [-0.3, -0.25) is 9.59 Å². The summed E-state index contributed by atoms with van der Waals surface area (Å²) in [7, 11) is 1.70. The lowest BCUT2D eigenvalue weighted by Crippen LogP contribution is -2.41. The number of carbonyl (C=O) groups excluding carboxylic acids is 2. The molecule has 0 bridgehead atoms. The number of rotatable bonds is 8. The molecule has 0 atom stereocenters. The van der Waals surface area contributed by atoms with E-state index in [-0.39, 0.29) is 23.4 Å². The minimum atomic E-state index is -0.316. The minimum Gasteiger partial charge on any atom is -0.492 e. The molecule has 25 heavy (non-hydrogen) atoms. The number of benzene rings is 1. The second-order valence-corrected chi connectivity index (χ2v) is 6.59. The Bertz CT molecular complexity index is 564. The fraction of sp³-hybridized carbons (Fsp3) is 0.529. The van der Waals surface area contributed by atoms with Gasteiger partial charge in [0.15, 0.2) is 0 Å². The van der Waals surface area contributed by atoms with Gasteiger partial charge in [-0.2, -0.15) is 0 Å². The molecule has 2 amide bonds. The van der Waals surface area contributed by atoms with Gasteiger partial charge in [-0.25, -0.2) is 4.39 Å². The van der Waals surface area contributed by atoms with Crippen LogP contribution < -0.4 is 4.74 Å². The molecule has 8 heteroatoms. The molecule has 138 valence electrons. The molecule has 1 fully saturated rings. The fourth-order valence-corrected chi connectivity index (χ4v) is 3.05. The van der Waals surface area contributed by atoms with Crippen molar-refractivity contribution < 1.29 is 23.5 Å². The van der Waals surface area contributed by atoms with Crippen molar-refractivity contribution in [2.24, 2.45) is 0 Å². The fourth-order valence-electron chi connectivity index (χ4n) is 2.20. The molecule has 0 radical (unpaired) electrons. The molecule has 0 aliphatic carbocycles. The molecule has 6 nitrogen and oxygen atoms in total. The number of carbonyl (C=O) groups is 2. The number of likely N-dealkylation sites (N-methyl/N-ethyl adjacent to an activating group) is 1. The summed E-state index contributed by atoms with van der Waals surface area (Å²) in [6.45, 7) is 3.14. The first-order valence-corrected chi connectivity index (χ1v) is 9.27. The number of ether oxygens (including phenoxy) is 2. The summed E-state index contributed by atoms with van der Waals surface area (Å²) >= 11 is 1.32. The molecule has 0 saturated carbocycles. The highest BCUT2D eigenvalue weighted by molar-refractivity contribution is 8.00. The monoisotopic (exact) mass is 370 g/mol. The number of nitrogens with zero attached hydrogens (tertiary/aromatic N) is 2. The zero-order chi connectivity index (χ0) is 18.1. The van der Waals surface area contributed by atoms with Gasteiger partial charge in [-0.05, 0) is 24.3 Å². The summed E-state index contributed by atoms with van der Waals surface area (Å²) in [5, 5.41) is 0. The van der Waals surface area contributed by atoms with Crippen LogP contribution in [0.15, 0.2) is 24.3 Å². The van der Waals surface area contributed by atoms with E-state index in [4.69, 9.17) is 9.47 Å². The standard InChI is InChI=1S/C17H23FN2O4S/c1-19(6-11-24-15-4-2-14(18)3-5-15)16(21)12-25-13-17(22)20-7-9-23-10-8-20/h2-5H,6-13H2,1H3. The van der Waals surface area contributed by atoms with Crippen LogP contribution in [0.5, 0.6) is 5.75 Å². The number of halogens is 1. The topological polar surface area (TPSA) is 59.1 Å². The van der Waals surface area contributed by atoms with Crippen LogP contribution in [0, 0.1) is 5.82 Å². The normalized spacial score (nSPS) is 14.2. The molecule has 1 aliphatic heterocycles. The summed E-state index contributed by atoms with van der Waals surface area (Å²) < 4.78 is 23.5. The molecule has 2 rings (SSSR count). The van der Waals surface area contributed by atoms with Gasteiger partial charge in [-0.15, -0.1) is 11.8 Å². The molecule has 0 N–H and O–H groups in total. The predicted molar refractivity (Wildman–Crippen MR) is 94.3 cm³/mol. The Morgan fingerprint density at radius 1 is 1.24 bits per heavy atom. The van der Waals surface area contributed by atoms with E-state index in [0.717, 1.165) is 0 Å². The zero-order valence-corrected chi connectivity index (χ0v) is 15.1. The van der Waals surface area contributed by atoms with E-state index in [1.165, 1.54) is 23.9 Å². The van der Waals surface area contributed by atoms with Gasteiger partial charge in [0.05, 0.1) is 31.3 Å². The van der Waals surface area contributed by atoms with Crippen molar-refractivity contribution in [1.29, 1.82) is 0 Å². The second kappa shape index (κ2) is 10.2. The third kappa shape index (κ3) is 6.91. The zero-order valence-electron chi connectivity index (χ0n) is 14.3. The van der Waals surface area contributed by atoms with Crippen molar-refractivity contribution in [3.63, 3.8) is 0 Å². The highest BCUT2D eigenvalue weighted by Crippen LogP contribution is 2.11. The molecule has 1 aliphatic rings. The van der Waals surface area contributed by atoms with Gasteiger partial charge in [0, 0.05) is 20.1 Å². The Kier molecular flexibility index (Phi) is 8.00. The van der Waals surface area contributed by atoms with E-state index in [0.29, 0.717) is 51.0 Å². The van der Waals surface area contributed by atoms with E-state index >= 15 is 0 Å². The van der Waals surface area contributed by atoms with Crippen molar-refractivity contribution in [3.05, 3.63) is 30.1 Å². The lowest BCUT2D eigenvalue weighted by molar-refractivity contribution is -0.132. The third-order valence-corrected chi connectivity index (χ3v) is 4.65. The first kappa shape index (κ1) is 19.5. The summed E-state index contributed by atoms with van der Waals surface area (Å²) in [4.78, 5) is 27.4. The third-order valence-electron chi connectivity index (χ3n) is 3.75. The van der Waals surface area contributed by atoms with E-state index in [2.05, 4.69) is 0 Å². The van der Waals surface area contributed by atoms with E-state index in [1.807, 2.05) is 0 Å². The Hall–Kier alpha value is -1.80. The van der Waals surface area contributed by atoms with Crippen molar-refractivity contribution in [2.45, 2.75) is 0 Å². The van der Waals surface area contributed by atoms with Gasteiger partial charge in [-0.1, -0.05) is 0 Å². The van der Waals surface area contributed by atoms with Crippen LogP contribution in [0.4, 0.5) is 4.39 Å². The first-order valence-electron chi connectivity index (χ1n) is 8.12. The molecule has 1 aromatic carbocycles. The summed E-state index contributed by atoms with van der Waals surface area (Å²) in [5.41, 5.74) is 0. The Balaban J connectivity index is 1.59. The highest BCUT2D eigenvalue weighted by Gasteiger charge is 2.17. The largest absolute Gasteiger partial charge is 0.492 e. The number of hydrogen-bond acceptors (Lipinski definition) is 5. The van der Waals surface area contributed by atoms with E-state index < -0.39 is 0 Å². The van der Waals surface area contributed by atoms with Crippen molar-refractivity contribution in [1.82, 2.24) is 9.80 Å². The number of hydrogen-bond donors (Lipinski definition) is 0. The Labute approximate surface area is 151 Å². The SMILES string of the molecule is CN(CCOc1ccc(F)cc1)C(=O)CSCC(=O)N1CCOCC1. The van der Waals surface area contributed by atoms with Crippen molar-refractivity contribution in [3.8, 4) is 5.75 Å². The summed E-state index contributed by atoms with van der Waals surface area (Å²) in [6, 6.07) is 5.74.